The molecule has 0 saturated carbocycles. The largest absolute Gasteiger partial charge is 0.481 e. The average molecular weight is 492 g/mol. The third-order valence-electron chi connectivity index (χ3n) is 7.53. The molecule has 3 heterocycles. The van der Waals surface area contributed by atoms with Crippen LogP contribution in [0.5, 0.6) is 0 Å². The van der Waals surface area contributed by atoms with E-state index in [2.05, 4.69) is 4.57 Å². The second kappa shape index (κ2) is 9.93. The zero-order valence-corrected chi connectivity index (χ0v) is 21.1. The lowest BCUT2D eigenvalue weighted by Gasteiger charge is -2.34. The van der Waals surface area contributed by atoms with E-state index in [-0.39, 0.29) is 24.6 Å². The van der Waals surface area contributed by atoms with Crippen LogP contribution in [0.15, 0.2) is 36.4 Å². The van der Waals surface area contributed by atoms with E-state index in [0.717, 1.165) is 71.5 Å². The first-order valence-corrected chi connectivity index (χ1v) is 12.7. The fourth-order valence-electron chi connectivity index (χ4n) is 5.72. The van der Waals surface area contributed by atoms with Gasteiger partial charge in [-0.25, -0.2) is 9.78 Å². The maximum absolute atomic E-state index is 12.6. The molecule has 1 aromatic heterocycles. The Labute approximate surface area is 210 Å². The highest BCUT2D eigenvalue weighted by molar-refractivity contribution is 5.95. The van der Waals surface area contributed by atoms with Gasteiger partial charge in [0, 0.05) is 24.6 Å². The van der Waals surface area contributed by atoms with Crippen molar-refractivity contribution in [1.29, 1.82) is 0 Å². The summed E-state index contributed by atoms with van der Waals surface area (Å²) < 4.78 is 13.1. The first kappa shape index (κ1) is 24.3. The predicted molar refractivity (Wildman–Crippen MR) is 137 cm³/mol. The molecule has 1 fully saturated rings. The summed E-state index contributed by atoms with van der Waals surface area (Å²) in [5, 5.41) is 10.2. The number of hydrogen-bond donors (Lipinski definition) is 1. The Morgan fingerprint density at radius 1 is 1.25 bits per heavy atom. The Balaban J connectivity index is 1.65. The summed E-state index contributed by atoms with van der Waals surface area (Å²) in [5.74, 6) is -0.842. The molecule has 0 radical (unpaired) electrons. The van der Waals surface area contributed by atoms with Gasteiger partial charge in [0.1, 0.15) is 5.82 Å². The first-order chi connectivity index (χ1) is 17.4. The molecule has 8 heteroatoms. The normalized spacial score (nSPS) is 20.7. The SMILES string of the molecule is COC(=O)N1c2ccc3c(nc(C[C@@H](C(=O)O)c4cccc(C)c4)n3[C@H]3CCCOC3)c2CC[C@@H]1C. The van der Waals surface area contributed by atoms with Crippen LogP contribution >= 0.6 is 0 Å². The van der Waals surface area contributed by atoms with Gasteiger partial charge in [0.2, 0.25) is 0 Å². The van der Waals surface area contributed by atoms with Crippen LogP contribution in [-0.2, 0) is 27.1 Å². The van der Waals surface area contributed by atoms with E-state index in [1.807, 2.05) is 50.2 Å². The minimum atomic E-state index is -0.869. The number of ether oxygens (including phenoxy) is 2. The molecule has 2 aliphatic rings. The number of carboxylic acids is 1. The molecule has 5 rings (SSSR count). The van der Waals surface area contributed by atoms with E-state index in [0.29, 0.717) is 6.61 Å². The number of nitrogens with zero attached hydrogens (tertiary/aromatic N) is 3. The van der Waals surface area contributed by atoms with Crippen LogP contribution in [0.4, 0.5) is 10.5 Å². The molecular weight excluding hydrogens is 458 g/mol. The average Bonchev–Trinajstić information content (AvgIpc) is 3.25. The Morgan fingerprint density at radius 3 is 2.78 bits per heavy atom. The Hall–Kier alpha value is -3.39. The second-order valence-electron chi connectivity index (χ2n) is 9.94. The number of anilines is 1. The van der Waals surface area contributed by atoms with Crippen molar-refractivity contribution in [2.24, 2.45) is 0 Å². The van der Waals surface area contributed by atoms with Crippen LogP contribution in [0, 0.1) is 6.92 Å². The van der Waals surface area contributed by atoms with Crippen molar-refractivity contribution >= 4 is 28.8 Å². The molecule has 1 amide bonds. The van der Waals surface area contributed by atoms with Crippen LogP contribution in [0.2, 0.25) is 0 Å². The van der Waals surface area contributed by atoms with Gasteiger partial charge in [0.05, 0.1) is 42.4 Å². The summed E-state index contributed by atoms with van der Waals surface area (Å²) in [6.45, 7) is 5.30. The number of methoxy groups -OCH3 is 1. The van der Waals surface area contributed by atoms with Gasteiger partial charge in [-0.3, -0.25) is 9.69 Å². The minimum Gasteiger partial charge on any atom is -0.481 e. The molecule has 0 aliphatic carbocycles. The van der Waals surface area contributed by atoms with E-state index in [4.69, 9.17) is 14.5 Å². The number of aryl methyl sites for hydroxylation is 2. The zero-order chi connectivity index (χ0) is 25.4. The number of benzene rings is 2. The number of fused-ring (bicyclic) bond motifs is 3. The Morgan fingerprint density at radius 2 is 2.08 bits per heavy atom. The Bertz CT molecular complexity index is 1290. The fourth-order valence-corrected chi connectivity index (χ4v) is 5.72. The van der Waals surface area contributed by atoms with Crippen LogP contribution in [0.1, 0.15) is 60.7 Å². The number of carbonyl (C=O) groups is 2. The summed E-state index contributed by atoms with van der Waals surface area (Å²) in [6.07, 6.45) is 3.38. The number of aromatic nitrogens is 2. The lowest BCUT2D eigenvalue weighted by Crippen LogP contribution is -2.42. The maximum Gasteiger partial charge on any atom is 0.414 e. The molecule has 190 valence electrons. The smallest absolute Gasteiger partial charge is 0.414 e. The third-order valence-corrected chi connectivity index (χ3v) is 7.53. The molecule has 36 heavy (non-hydrogen) atoms. The number of hydrogen-bond acceptors (Lipinski definition) is 5. The fraction of sp³-hybridized carbons (Fsp3) is 0.464. The monoisotopic (exact) mass is 491 g/mol. The molecule has 3 aromatic rings. The molecule has 3 atom stereocenters. The van der Waals surface area contributed by atoms with Crippen LogP contribution in [0.25, 0.3) is 11.0 Å². The standard InChI is InChI=1S/C28H33N3O5/c1-17-6-4-7-19(14-17)22(27(32)33)15-25-29-26-21-10-9-18(2)30(28(34)35-3)23(21)11-12-24(26)31(25)20-8-5-13-36-16-20/h4,6-7,11-12,14,18,20,22H,5,8-10,13,15-16H2,1-3H3,(H,32,33)/t18-,20-,22+/m0/s1. The van der Waals surface area contributed by atoms with E-state index >= 15 is 0 Å². The van der Waals surface area contributed by atoms with Gasteiger partial charge >= 0.3 is 12.1 Å². The molecule has 0 spiro atoms. The highest BCUT2D eigenvalue weighted by atomic mass is 16.5. The summed E-state index contributed by atoms with van der Waals surface area (Å²) in [5.41, 5.74) is 5.43. The summed E-state index contributed by atoms with van der Waals surface area (Å²) in [4.78, 5) is 31.8. The highest BCUT2D eigenvalue weighted by Crippen LogP contribution is 2.39. The summed E-state index contributed by atoms with van der Waals surface area (Å²) >= 11 is 0. The van der Waals surface area contributed by atoms with Gasteiger partial charge < -0.3 is 19.1 Å². The molecule has 1 N–H and O–H groups in total. The first-order valence-electron chi connectivity index (χ1n) is 12.7. The van der Waals surface area contributed by atoms with Crippen LogP contribution in [-0.4, -0.2) is 53.1 Å². The van der Waals surface area contributed by atoms with Gasteiger partial charge in [-0.15, -0.1) is 0 Å². The highest BCUT2D eigenvalue weighted by Gasteiger charge is 2.33. The molecule has 0 bridgehead atoms. The third kappa shape index (κ3) is 4.34. The molecule has 8 nitrogen and oxygen atoms in total. The van der Waals surface area contributed by atoms with Crippen molar-refractivity contribution in [2.75, 3.05) is 25.2 Å². The minimum absolute atomic E-state index is 0.0217. The van der Waals surface area contributed by atoms with Crippen molar-refractivity contribution in [1.82, 2.24) is 9.55 Å². The number of imidazole rings is 1. The predicted octanol–water partition coefficient (Wildman–Crippen LogP) is 5.01. The zero-order valence-electron chi connectivity index (χ0n) is 21.1. The van der Waals surface area contributed by atoms with Gasteiger partial charge in [-0.2, -0.15) is 0 Å². The van der Waals surface area contributed by atoms with Crippen molar-refractivity contribution in [2.45, 2.75) is 64.0 Å². The molecule has 0 unspecified atom stereocenters. The van der Waals surface area contributed by atoms with E-state index in [9.17, 15) is 14.7 Å². The molecule has 2 aromatic carbocycles. The van der Waals surface area contributed by atoms with Crippen molar-refractivity contribution in [3.63, 3.8) is 0 Å². The van der Waals surface area contributed by atoms with Gasteiger partial charge in [0.15, 0.2) is 0 Å². The van der Waals surface area contributed by atoms with Gasteiger partial charge in [0.25, 0.3) is 0 Å². The van der Waals surface area contributed by atoms with E-state index < -0.39 is 11.9 Å². The number of carbonyl (C=O) groups excluding carboxylic acids is 1. The molecule has 1 saturated heterocycles. The summed E-state index contributed by atoms with van der Waals surface area (Å²) in [7, 11) is 1.40. The molecule has 2 aliphatic heterocycles. The second-order valence-corrected chi connectivity index (χ2v) is 9.94. The maximum atomic E-state index is 12.6. The van der Waals surface area contributed by atoms with E-state index in [1.54, 1.807) is 4.90 Å². The van der Waals surface area contributed by atoms with E-state index in [1.165, 1.54) is 7.11 Å². The lowest BCUT2D eigenvalue weighted by molar-refractivity contribution is -0.138. The Kier molecular flexibility index (Phi) is 6.71. The van der Waals surface area contributed by atoms with Crippen molar-refractivity contribution in [3.8, 4) is 0 Å². The topological polar surface area (TPSA) is 93.9 Å². The van der Waals surface area contributed by atoms with Crippen molar-refractivity contribution < 1.29 is 24.2 Å². The molecular formula is C28H33N3O5. The van der Waals surface area contributed by atoms with Crippen LogP contribution in [0.3, 0.4) is 0 Å². The quantitative estimate of drug-likeness (QED) is 0.539. The lowest BCUT2D eigenvalue weighted by atomic mass is 9.94. The number of rotatable bonds is 5. The van der Waals surface area contributed by atoms with Gasteiger partial charge in [-0.05, 0) is 57.2 Å². The van der Waals surface area contributed by atoms with Crippen LogP contribution < -0.4 is 4.90 Å². The number of amides is 1. The summed E-state index contributed by atoms with van der Waals surface area (Å²) in [6, 6.07) is 11.8. The number of carboxylic acid groups (broad SMARTS) is 1. The van der Waals surface area contributed by atoms with Crippen molar-refractivity contribution in [3.05, 3.63) is 58.9 Å². The van der Waals surface area contributed by atoms with Gasteiger partial charge in [-0.1, -0.05) is 29.8 Å². The number of aliphatic carboxylic acids is 1.